The molecule has 4 rings (SSSR count). The molecule has 2 N–H and O–H groups in total. The molecular weight excluding hydrogens is 414 g/mol. The predicted octanol–water partition coefficient (Wildman–Crippen LogP) is 5.26. The largest absolute Gasteiger partial charge is 0.490 e. The van der Waals surface area contributed by atoms with E-state index in [1.807, 2.05) is 30.3 Å². The van der Waals surface area contributed by atoms with E-state index >= 15 is 0 Å². The Labute approximate surface area is 193 Å². The number of fused-ring (bicyclic) bond motifs is 1. The molecule has 0 aliphatic carbocycles. The molecule has 4 aromatic carbocycles. The molecule has 0 atom stereocenters. The molecule has 0 amide bonds. The minimum absolute atomic E-state index is 0.0469. The van der Waals surface area contributed by atoms with E-state index in [0.717, 1.165) is 28.7 Å². The second-order valence-electron chi connectivity index (χ2n) is 7.54. The maximum Gasteiger partial charge on any atom is 0.343 e. The highest BCUT2D eigenvalue weighted by molar-refractivity contribution is 6.09. The molecule has 33 heavy (non-hydrogen) atoms. The van der Waals surface area contributed by atoms with E-state index in [1.165, 1.54) is 0 Å². The average molecular weight is 442 g/mol. The Hall–Kier alpha value is -3.83. The fourth-order valence-electron chi connectivity index (χ4n) is 3.48. The Morgan fingerprint density at radius 2 is 1.42 bits per heavy atom. The number of benzene rings is 4. The minimum atomic E-state index is -0.0469. The van der Waals surface area contributed by atoms with Crippen LogP contribution in [-0.4, -0.2) is 32.1 Å². The zero-order chi connectivity index (χ0) is 22.9. The molecule has 0 saturated carbocycles. The molecule has 0 saturated heterocycles. The first-order valence-electron chi connectivity index (χ1n) is 11.1. The van der Waals surface area contributed by atoms with Crippen molar-refractivity contribution >= 4 is 16.6 Å². The summed E-state index contributed by atoms with van der Waals surface area (Å²) < 4.78 is 17.3. The van der Waals surface area contributed by atoms with Gasteiger partial charge in [0, 0.05) is 41.6 Å². The van der Waals surface area contributed by atoms with Gasteiger partial charge in [-0.25, -0.2) is 0 Å². The normalized spacial score (nSPS) is 10.7. The van der Waals surface area contributed by atoms with Gasteiger partial charge < -0.3 is 15.2 Å². The van der Waals surface area contributed by atoms with Crippen LogP contribution in [0.25, 0.3) is 10.8 Å². The second-order valence-corrected chi connectivity index (χ2v) is 7.54. The van der Waals surface area contributed by atoms with Crippen LogP contribution in [0.2, 0.25) is 0 Å². The molecule has 1 radical (unpaired) electrons. The van der Waals surface area contributed by atoms with E-state index in [2.05, 4.69) is 12.1 Å². The van der Waals surface area contributed by atoms with Crippen molar-refractivity contribution < 1.29 is 19.0 Å². The number of nitrogens with two attached hydrogens (primary N) is 1. The van der Waals surface area contributed by atoms with Gasteiger partial charge in [0.05, 0.1) is 0 Å². The molecule has 0 aliphatic heterocycles. The zero-order valence-corrected chi connectivity index (χ0v) is 18.4. The molecule has 167 valence electrons. The first-order valence-corrected chi connectivity index (χ1v) is 11.1. The third-order valence-electron chi connectivity index (χ3n) is 5.21. The SMILES string of the molecule is NCCC[O+]c1ccc(C(=O)c2ccc(OCCOc3cccc4ccccc34)cc2)cc1. The van der Waals surface area contributed by atoms with Crippen molar-refractivity contribution in [2.24, 2.45) is 5.73 Å². The van der Waals surface area contributed by atoms with Gasteiger partial charge in [-0.3, -0.25) is 9.53 Å². The van der Waals surface area contributed by atoms with Gasteiger partial charge in [0.15, 0.2) is 5.78 Å². The van der Waals surface area contributed by atoms with E-state index in [0.29, 0.717) is 43.2 Å². The van der Waals surface area contributed by atoms with E-state index in [4.69, 9.17) is 19.9 Å². The van der Waals surface area contributed by atoms with Crippen LogP contribution in [0.1, 0.15) is 22.3 Å². The molecule has 0 spiro atoms. The Morgan fingerprint density at radius 1 is 0.758 bits per heavy atom. The molecular formula is C28H27NO4+. The smallest absolute Gasteiger partial charge is 0.343 e. The molecule has 0 heterocycles. The molecule has 5 nitrogen and oxygen atoms in total. The van der Waals surface area contributed by atoms with Crippen LogP contribution in [0.3, 0.4) is 0 Å². The maximum atomic E-state index is 12.7. The van der Waals surface area contributed by atoms with E-state index in [1.54, 1.807) is 48.5 Å². The monoisotopic (exact) mass is 441 g/mol. The van der Waals surface area contributed by atoms with Crippen molar-refractivity contribution in [2.45, 2.75) is 6.42 Å². The van der Waals surface area contributed by atoms with Crippen LogP contribution in [0.4, 0.5) is 0 Å². The van der Waals surface area contributed by atoms with E-state index in [-0.39, 0.29) is 5.78 Å². The fourth-order valence-corrected chi connectivity index (χ4v) is 3.48. The third kappa shape index (κ3) is 5.90. The van der Waals surface area contributed by atoms with Crippen LogP contribution < -0.4 is 19.9 Å². The third-order valence-corrected chi connectivity index (χ3v) is 5.21. The quantitative estimate of drug-likeness (QED) is 0.195. The predicted molar refractivity (Wildman–Crippen MR) is 130 cm³/mol. The second kappa shape index (κ2) is 11.2. The molecule has 0 fully saturated rings. The van der Waals surface area contributed by atoms with Gasteiger partial charge in [-0.05, 0) is 47.9 Å². The lowest BCUT2D eigenvalue weighted by Gasteiger charge is -2.11. The Kier molecular flexibility index (Phi) is 7.56. The lowest BCUT2D eigenvalue weighted by Crippen LogP contribution is -2.09. The first-order chi connectivity index (χ1) is 16.2. The van der Waals surface area contributed by atoms with Gasteiger partial charge in [0.1, 0.15) is 24.7 Å². The standard InChI is InChI=1S/C28H27NO4/c29-17-4-18-31-24-13-9-22(10-14-24)28(30)23-11-15-25(16-12-23)32-19-20-33-27-8-3-6-21-5-1-2-7-26(21)27/h1-3,5-16H,4,17-20,29H2/q+1. The van der Waals surface area contributed by atoms with Crippen molar-refractivity contribution in [1.29, 1.82) is 0 Å². The lowest BCUT2D eigenvalue weighted by molar-refractivity contribution is 0.103. The van der Waals surface area contributed by atoms with Crippen molar-refractivity contribution in [3.8, 4) is 17.2 Å². The van der Waals surface area contributed by atoms with Crippen molar-refractivity contribution in [2.75, 3.05) is 26.4 Å². The van der Waals surface area contributed by atoms with Gasteiger partial charge in [-0.15, -0.1) is 0 Å². The lowest BCUT2D eigenvalue weighted by atomic mass is 10.0. The Morgan fingerprint density at radius 3 is 2.18 bits per heavy atom. The number of carbonyl (C=O) groups is 1. The highest BCUT2D eigenvalue weighted by atomic mass is 16.5. The highest BCUT2D eigenvalue weighted by Gasteiger charge is 2.12. The summed E-state index contributed by atoms with van der Waals surface area (Å²) in [5, 5.41) is 2.22. The summed E-state index contributed by atoms with van der Waals surface area (Å²) >= 11 is 0. The molecule has 0 aliphatic rings. The minimum Gasteiger partial charge on any atom is -0.490 e. The van der Waals surface area contributed by atoms with Crippen molar-refractivity contribution in [1.82, 2.24) is 0 Å². The summed E-state index contributed by atoms with van der Waals surface area (Å²) in [5.74, 6) is 2.22. The van der Waals surface area contributed by atoms with Crippen molar-refractivity contribution in [3.05, 3.63) is 102 Å². The van der Waals surface area contributed by atoms with E-state index in [9.17, 15) is 4.79 Å². The number of carbonyl (C=O) groups excluding carboxylic acids is 1. The number of ether oxygens (including phenoxy) is 3. The van der Waals surface area contributed by atoms with Gasteiger partial charge in [0.2, 0.25) is 0 Å². The number of hydrogen-bond acceptors (Lipinski definition) is 5. The first kappa shape index (κ1) is 22.4. The molecule has 5 heteroatoms. The Balaban J connectivity index is 1.28. The zero-order valence-electron chi connectivity index (χ0n) is 18.4. The topological polar surface area (TPSA) is 72.9 Å². The number of ketones is 1. The van der Waals surface area contributed by atoms with Crippen LogP contribution in [0.15, 0.2) is 91.0 Å². The summed E-state index contributed by atoms with van der Waals surface area (Å²) in [4.78, 5) is 12.7. The van der Waals surface area contributed by atoms with Gasteiger partial charge in [-0.2, -0.15) is 0 Å². The van der Waals surface area contributed by atoms with Crippen molar-refractivity contribution in [3.63, 3.8) is 0 Å². The maximum absolute atomic E-state index is 12.7. The summed E-state index contributed by atoms with van der Waals surface area (Å²) in [6.45, 7) is 1.99. The average Bonchev–Trinajstić information content (AvgIpc) is 2.87. The van der Waals surface area contributed by atoms with E-state index < -0.39 is 0 Å². The number of rotatable bonds is 11. The molecule has 0 unspecified atom stereocenters. The summed E-state index contributed by atoms with van der Waals surface area (Å²) in [6, 6.07) is 28.4. The summed E-state index contributed by atoms with van der Waals surface area (Å²) in [7, 11) is 0. The summed E-state index contributed by atoms with van der Waals surface area (Å²) in [6.07, 6.45) is 0.796. The van der Waals surface area contributed by atoms with Gasteiger partial charge in [0.25, 0.3) is 6.61 Å². The highest BCUT2D eigenvalue weighted by Crippen LogP contribution is 2.25. The molecule has 4 aromatic rings. The Bertz CT molecular complexity index is 1180. The number of hydrogen-bond donors (Lipinski definition) is 1. The fraction of sp³-hybridized carbons (Fsp3) is 0.179. The van der Waals surface area contributed by atoms with Crippen LogP contribution in [-0.2, 0) is 0 Å². The molecule has 0 bridgehead atoms. The van der Waals surface area contributed by atoms with Crippen LogP contribution in [0, 0.1) is 0 Å². The van der Waals surface area contributed by atoms with Crippen LogP contribution >= 0.6 is 0 Å². The van der Waals surface area contributed by atoms with Gasteiger partial charge >= 0.3 is 5.75 Å². The summed E-state index contributed by atoms with van der Waals surface area (Å²) in [5.41, 5.74) is 6.68. The van der Waals surface area contributed by atoms with Gasteiger partial charge in [-0.1, -0.05) is 36.4 Å². The van der Waals surface area contributed by atoms with Crippen LogP contribution in [0.5, 0.6) is 17.2 Å². The molecule has 0 aromatic heterocycles.